The fourth-order valence-corrected chi connectivity index (χ4v) is 3.12. The number of carbonyl (C=O) groups is 1. The van der Waals surface area contributed by atoms with E-state index in [1.807, 2.05) is 20.8 Å². The number of aromatic amines is 1. The first-order valence-corrected chi connectivity index (χ1v) is 9.08. The molecule has 0 aliphatic carbocycles. The zero-order chi connectivity index (χ0) is 19.6. The van der Waals surface area contributed by atoms with Gasteiger partial charge >= 0.3 is 11.8 Å². The van der Waals surface area contributed by atoms with Crippen LogP contribution in [0.3, 0.4) is 0 Å². The zero-order valence-corrected chi connectivity index (χ0v) is 16.2. The second-order valence-electron chi connectivity index (χ2n) is 7.69. The highest BCUT2D eigenvalue weighted by Gasteiger charge is 2.30. The number of likely N-dealkylation sites (tertiary alicyclic amines) is 1. The van der Waals surface area contributed by atoms with Crippen molar-refractivity contribution < 1.29 is 14.3 Å². The minimum Gasteiger partial charge on any atom is -0.497 e. The minimum absolute atomic E-state index is 0.0292. The Morgan fingerprint density at radius 1 is 1.26 bits per heavy atom. The summed E-state index contributed by atoms with van der Waals surface area (Å²) >= 11 is 0. The molecule has 2 heterocycles. The van der Waals surface area contributed by atoms with Gasteiger partial charge in [0.05, 0.1) is 12.8 Å². The predicted octanol–water partition coefficient (Wildman–Crippen LogP) is 2.68. The van der Waals surface area contributed by atoms with Gasteiger partial charge in [-0.15, -0.1) is 5.10 Å². The summed E-state index contributed by atoms with van der Waals surface area (Å²) in [6.45, 7) is 6.67. The molecule has 2 aromatic rings. The number of benzene rings is 1. The third kappa shape index (κ3) is 4.50. The second kappa shape index (κ2) is 7.46. The van der Waals surface area contributed by atoms with Crippen molar-refractivity contribution in [2.24, 2.45) is 0 Å². The average Bonchev–Trinajstić information content (AvgIpc) is 3.02. The smallest absolute Gasteiger partial charge is 0.410 e. The number of carbonyl (C=O) groups excluding carboxylic acids is 1. The van der Waals surface area contributed by atoms with Gasteiger partial charge < -0.3 is 14.4 Å². The molecule has 1 saturated heterocycles. The maximum atomic E-state index is 12.3. The maximum absolute atomic E-state index is 12.3. The van der Waals surface area contributed by atoms with Crippen molar-refractivity contribution in [2.45, 2.75) is 45.1 Å². The molecule has 0 spiro atoms. The monoisotopic (exact) mass is 374 g/mol. The first-order valence-electron chi connectivity index (χ1n) is 9.08. The molecular weight excluding hydrogens is 348 g/mol. The van der Waals surface area contributed by atoms with E-state index in [0.29, 0.717) is 30.4 Å². The summed E-state index contributed by atoms with van der Waals surface area (Å²) in [6.07, 6.45) is 1.36. The highest BCUT2D eigenvalue weighted by Crippen LogP contribution is 2.25. The van der Waals surface area contributed by atoms with Crippen molar-refractivity contribution in [3.63, 3.8) is 0 Å². The Morgan fingerprint density at radius 3 is 2.59 bits per heavy atom. The van der Waals surface area contributed by atoms with Crippen LogP contribution in [0, 0.1) is 0 Å². The summed E-state index contributed by atoms with van der Waals surface area (Å²) < 4.78 is 11.9. The van der Waals surface area contributed by atoms with Crippen LogP contribution in [0.5, 0.6) is 5.75 Å². The quantitative estimate of drug-likeness (QED) is 0.892. The number of nitrogens with one attached hydrogen (secondary N) is 1. The van der Waals surface area contributed by atoms with E-state index < -0.39 is 5.60 Å². The topological polar surface area (TPSA) is 89.4 Å². The molecule has 27 heavy (non-hydrogen) atoms. The van der Waals surface area contributed by atoms with E-state index in [4.69, 9.17) is 9.47 Å². The van der Waals surface area contributed by atoms with Crippen LogP contribution >= 0.6 is 0 Å². The van der Waals surface area contributed by atoms with E-state index in [2.05, 4.69) is 10.1 Å². The Labute approximate surface area is 158 Å². The van der Waals surface area contributed by atoms with Gasteiger partial charge in [-0.05, 0) is 57.9 Å². The van der Waals surface area contributed by atoms with Crippen LogP contribution in [0.15, 0.2) is 29.1 Å². The third-order valence-corrected chi connectivity index (χ3v) is 4.41. The predicted molar refractivity (Wildman–Crippen MR) is 101 cm³/mol. The molecule has 1 atom stereocenters. The largest absolute Gasteiger partial charge is 0.497 e. The van der Waals surface area contributed by atoms with Gasteiger partial charge in [-0.2, -0.15) is 4.68 Å². The molecule has 0 bridgehead atoms. The van der Waals surface area contributed by atoms with Crippen LogP contribution in [0.25, 0.3) is 5.69 Å². The van der Waals surface area contributed by atoms with Crippen molar-refractivity contribution in [2.75, 3.05) is 20.2 Å². The molecule has 8 heteroatoms. The zero-order valence-electron chi connectivity index (χ0n) is 16.2. The lowest BCUT2D eigenvalue weighted by atomic mass is 9.98. The lowest BCUT2D eigenvalue weighted by Gasteiger charge is -2.33. The van der Waals surface area contributed by atoms with Crippen molar-refractivity contribution in [3.05, 3.63) is 40.6 Å². The van der Waals surface area contributed by atoms with Crippen LogP contribution in [0.1, 0.15) is 45.4 Å². The van der Waals surface area contributed by atoms with Gasteiger partial charge in [0.25, 0.3) is 0 Å². The maximum Gasteiger partial charge on any atom is 0.410 e. The Hall–Kier alpha value is -2.77. The highest BCUT2D eigenvalue weighted by atomic mass is 16.6. The molecule has 1 aromatic heterocycles. The van der Waals surface area contributed by atoms with Gasteiger partial charge in [0, 0.05) is 19.0 Å². The van der Waals surface area contributed by atoms with Gasteiger partial charge in [0.15, 0.2) is 0 Å². The van der Waals surface area contributed by atoms with Gasteiger partial charge in [-0.25, -0.2) is 9.59 Å². The van der Waals surface area contributed by atoms with E-state index in [0.717, 1.165) is 12.8 Å². The fraction of sp³-hybridized carbons (Fsp3) is 0.526. The molecule has 0 radical (unpaired) electrons. The number of ether oxygens (including phenoxy) is 2. The molecule has 1 amide bonds. The Bertz CT molecular complexity index is 848. The molecule has 8 nitrogen and oxygen atoms in total. The first kappa shape index (κ1) is 19.0. The van der Waals surface area contributed by atoms with Crippen LogP contribution in [0.4, 0.5) is 4.79 Å². The number of hydrogen-bond acceptors (Lipinski definition) is 5. The van der Waals surface area contributed by atoms with Crippen molar-refractivity contribution in [3.8, 4) is 11.4 Å². The number of H-pyrrole nitrogens is 1. The lowest BCUT2D eigenvalue weighted by Crippen LogP contribution is -2.42. The van der Waals surface area contributed by atoms with Crippen molar-refractivity contribution in [1.29, 1.82) is 0 Å². The molecule has 1 aromatic carbocycles. The molecule has 1 unspecified atom stereocenters. The van der Waals surface area contributed by atoms with E-state index in [-0.39, 0.29) is 17.7 Å². The summed E-state index contributed by atoms with van der Waals surface area (Å²) in [5.41, 5.74) is -0.179. The Balaban J connectivity index is 1.76. The van der Waals surface area contributed by atoms with Gasteiger partial charge in [-0.3, -0.25) is 4.98 Å². The van der Waals surface area contributed by atoms with Crippen molar-refractivity contribution >= 4 is 6.09 Å². The highest BCUT2D eigenvalue weighted by molar-refractivity contribution is 5.68. The molecule has 1 aliphatic rings. The summed E-state index contributed by atoms with van der Waals surface area (Å²) in [5.74, 6) is 1.27. The number of amides is 1. The number of hydrogen-bond donors (Lipinski definition) is 1. The van der Waals surface area contributed by atoms with E-state index in [1.165, 1.54) is 4.68 Å². The number of rotatable bonds is 3. The molecule has 1 fully saturated rings. The van der Waals surface area contributed by atoms with Gasteiger partial charge in [0.2, 0.25) is 0 Å². The summed E-state index contributed by atoms with van der Waals surface area (Å²) in [5, 5.41) is 4.46. The SMILES string of the molecule is COc1ccc(-n2nc(C3CCCN(C(=O)OC(C)(C)C)C3)[nH]c2=O)cc1. The molecule has 146 valence electrons. The van der Waals surface area contributed by atoms with Gasteiger partial charge in [0.1, 0.15) is 17.2 Å². The summed E-state index contributed by atoms with van der Waals surface area (Å²) in [6, 6.07) is 7.11. The summed E-state index contributed by atoms with van der Waals surface area (Å²) in [4.78, 5) is 29.2. The number of nitrogens with zero attached hydrogens (tertiary/aromatic N) is 3. The summed E-state index contributed by atoms with van der Waals surface area (Å²) in [7, 11) is 1.59. The van der Waals surface area contributed by atoms with Crippen LogP contribution < -0.4 is 10.4 Å². The molecule has 3 rings (SSSR count). The first-order chi connectivity index (χ1) is 12.8. The second-order valence-corrected chi connectivity index (χ2v) is 7.69. The number of methoxy groups -OCH3 is 1. The Morgan fingerprint density at radius 2 is 1.96 bits per heavy atom. The third-order valence-electron chi connectivity index (χ3n) is 4.41. The average molecular weight is 374 g/mol. The molecule has 1 aliphatic heterocycles. The van der Waals surface area contributed by atoms with E-state index in [9.17, 15) is 9.59 Å². The van der Waals surface area contributed by atoms with Crippen molar-refractivity contribution in [1.82, 2.24) is 19.7 Å². The van der Waals surface area contributed by atoms with Gasteiger partial charge in [-0.1, -0.05) is 0 Å². The fourth-order valence-electron chi connectivity index (χ4n) is 3.12. The van der Waals surface area contributed by atoms with Crippen LogP contribution in [0.2, 0.25) is 0 Å². The van der Waals surface area contributed by atoms with Crippen LogP contribution in [-0.2, 0) is 4.74 Å². The lowest BCUT2D eigenvalue weighted by molar-refractivity contribution is 0.0196. The standard InChI is InChI=1S/C19H26N4O4/c1-19(2,3)27-18(25)22-11-5-6-13(12-22)16-20-17(24)23(21-16)14-7-9-15(26-4)10-8-14/h7-10,13H,5-6,11-12H2,1-4H3,(H,20,21,24). The van der Waals surface area contributed by atoms with E-state index >= 15 is 0 Å². The van der Waals surface area contributed by atoms with Crippen LogP contribution in [-0.4, -0.2) is 51.6 Å². The van der Waals surface area contributed by atoms with E-state index in [1.54, 1.807) is 36.3 Å². The minimum atomic E-state index is -0.533. The number of aromatic nitrogens is 3. The molecular formula is C19H26N4O4. The molecule has 1 N–H and O–H groups in total. The Kier molecular flexibility index (Phi) is 5.25. The number of piperidine rings is 1. The normalized spacial score (nSPS) is 17.6. The molecule has 0 saturated carbocycles.